The molecular formula is C17H21BrN4O2. The molecule has 1 aromatic heterocycles. The fourth-order valence-electron chi connectivity index (χ4n) is 3.38. The van der Waals surface area contributed by atoms with Gasteiger partial charge in [0.2, 0.25) is 0 Å². The van der Waals surface area contributed by atoms with Gasteiger partial charge in [-0.25, -0.2) is 4.98 Å². The van der Waals surface area contributed by atoms with E-state index < -0.39 is 0 Å². The Balaban J connectivity index is 1.59. The molecule has 0 saturated carbocycles. The summed E-state index contributed by atoms with van der Waals surface area (Å²) < 4.78 is 14.5. The molecule has 0 bridgehead atoms. The van der Waals surface area contributed by atoms with Gasteiger partial charge in [0.05, 0.1) is 10.5 Å². The number of ether oxygens (including phenoxy) is 2. The molecule has 0 spiro atoms. The Bertz CT molecular complexity index is 733. The highest BCUT2D eigenvalue weighted by Crippen LogP contribution is 2.39. The molecule has 2 aliphatic heterocycles. The average molecular weight is 393 g/mol. The molecule has 0 amide bonds. The summed E-state index contributed by atoms with van der Waals surface area (Å²) in [5, 5.41) is 3.48. The maximum absolute atomic E-state index is 5.75. The normalized spacial score (nSPS) is 21.0. The van der Waals surface area contributed by atoms with Crippen LogP contribution in [-0.2, 0) is 13.6 Å². The smallest absolute Gasteiger partial charge is 0.175 e. The molecule has 7 heteroatoms. The minimum absolute atomic E-state index is 0.269. The van der Waals surface area contributed by atoms with Gasteiger partial charge in [-0.2, -0.15) is 0 Å². The molecule has 6 nitrogen and oxygen atoms in total. The van der Waals surface area contributed by atoms with Gasteiger partial charge < -0.3 is 19.4 Å². The zero-order valence-electron chi connectivity index (χ0n) is 13.7. The molecule has 2 aromatic rings. The van der Waals surface area contributed by atoms with Crippen LogP contribution >= 0.6 is 15.9 Å². The first-order chi connectivity index (χ1) is 11.7. The number of aryl methyl sites for hydroxylation is 1. The lowest BCUT2D eigenvalue weighted by Crippen LogP contribution is -2.46. The molecule has 1 aromatic carbocycles. The van der Waals surface area contributed by atoms with Crippen LogP contribution in [0.4, 0.5) is 0 Å². The first-order valence-corrected chi connectivity index (χ1v) is 9.01. The van der Waals surface area contributed by atoms with Crippen LogP contribution in [0, 0.1) is 0 Å². The average Bonchev–Trinajstić information content (AvgIpc) is 3.01. The van der Waals surface area contributed by atoms with Crippen LogP contribution in [0.1, 0.15) is 17.4 Å². The highest BCUT2D eigenvalue weighted by molar-refractivity contribution is 9.10. The molecule has 0 aliphatic carbocycles. The van der Waals surface area contributed by atoms with Crippen molar-refractivity contribution in [1.82, 2.24) is 19.8 Å². The lowest BCUT2D eigenvalue weighted by atomic mass is 10.1. The Morgan fingerprint density at radius 1 is 1.33 bits per heavy atom. The summed E-state index contributed by atoms with van der Waals surface area (Å²) in [5.74, 6) is 2.74. The Labute approximate surface area is 149 Å². The molecule has 1 fully saturated rings. The standard InChI is InChI=1S/C17H21BrN4O2/c1-21-4-3-20-17(21)14-10-19-2-5-22(14)11-12-8-13(18)16-15(9-12)23-6-7-24-16/h3-4,8-9,14,19H,2,5-7,10-11H2,1H3. The third kappa shape index (κ3) is 3.03. The van der Waals surface area contributed by atoms with Crippen molar-refractivity contribution in [1.29, 1.82) is 0 Å². The fraction of sp³-hybridized carbons (Fsp3) is 0.471. The van der Waals surface area contributed by atoms with Crippen LogP contribution in [-0.4, -0.2) is 47.3 Å². The molecule has 4 rings (SSSR count). The zero-order chi connectivity index (χ0) is 16.5. The Morgan fingerprint density at radius 3 is 3.04 bits per heavy atom. The van der Waals surface area contributed by atoms with Crippen molar-refractivity contribution in [2.75, 3.05) is 32.8 Å². The summed E-state index contributed by atoms with van der Waals surface area (Å²) in [6.07, 6.45) is 3.87. The van der Waals surface area contributed by atoms with Crippen molar-refractivity contribution < 1.29 is 9.47 Å². The predicted molar refractivity (Wildman–Crippen MR) is 94.4 cm³/mol. The maximum atomic E-state index is 5.75. The highest BCUT2D eigenvalue weighted by atomic mass is 79.9. The molecule has 1 atom stereocenters. The largest absolute Gasteiger partial charge is 0.486 e. The summed E-state index contributed by atoms with van der Waals surface area (Å²) in [7, 11) is 2.05. The van der Waals surface area contributed by atoms with Crippen molar-refractivity contribution >= 4 is 15.9 Å². The number of halogens is 1. The van der Waals surface area contributed by atoms with E-state index in [1.807, 2.05) is 12.4 Å². The second-order valence-corrected chi connectivity index (χ2v) is 7.04. The lowest BCUT2D eigenvalue weighted by molar-refractivity contribution is 0.143. The molecule has 1 unspecified atom stereocenters. The lowest BCUT2D eigenvalue weighted by Gasteiger charge is -2.36. The molecule has 1 saturated heterocycles. The Kier molecular flexibility index (Phi) is 4.47. The molecule has 24 heavy (non-hydrogen) atoms. The van der Waals surface area contributed by atoms with Crippen LogP contribution in [0.3, 0.4) is 0 Å². The number of benzene rings is 1. The van der Waals surface area contributed by atoms with E-state index >= 15 is 0 Å². The number of rotatable bonds is 3. The van der Waals surface area contributed by atoms with Crippen molar-refractivity contribution in [3.63, 3.8) is 0 Å². The van der Waals surface area contributed by atoms with Crippen LogP contribution < -0.4 is 14.8 Å². The van der Waals surface area contributed by atoms with Crippen molar-refractivity contribution in [2.45, 2.75) is 12.6 Å². The number of nitrogens with one attached hydrogen (secondary N) is 1. The van der Waals surface area contributed by atoms with Gasteiger partial charge in [0, 0.05) is 45.6 Å². The SMILES string of the molecule is Cn1ccnc1C1CNCCN1Cc1cc(Br)c2c(c1)OCCO2. The van der Waals surface area contributed by atoms with Gasteiger partial charge in [-0.3, -0.25) is 4.90 Å². The van der Waals surface area contributed by atoms with Crippen molar-refractivity contribution in [2.24, 2.45) is 7.05 Å². The monoisotopic (exact) mass is 392 g/mol. The maximum Gasteiger partial charge on any atom is 0.175 e. The van der Waals surface area contributed by atoms with E-state index in [1.54, 1.807) is 0 Å². The fourth-order valence-corrected chi connectivity index (χ4v) is 3.98. The number of hydrogen-bond acceptors (Lipinski definition) is 5. The minimum atomic E-state index is 0.269. The second-order valence-electron chi connectivity index (χ2n) is 6.19. The van der Waals surface area contributed by atoms with Crippen LogP contribution in [0.25, 0.3) is 0 Å². The molecule has 2 aliphatic rings. The molecule has 0 radical (unpaired) electrons. The number of aromatic nitrogens is 2. The Morgan fingerprint density at radius 2 is 2.21 bits per heavy atom. The third-order valence-corrected chi connectivity index (χ3v) is 5.14. The van der Waals surface area contributed by atoms with Crippen molar-refractivity contribution in [3.05, 3.63) is 40.4 Å². The van der Waals surface area contributed by atoms with Gasteiger partial charge >= 0.3 is 0 Å². The van der Waals surface area contributed by atoms with E-state index in [0.29, 0.717) is 13.2 Å². The second kappa shape index (κ2) is 6.74. The van der Waals surface area contributed by atoms with Crippen LogP contribution in [0.15, 0.2) is 29.0 Å². The molecule has 1 N–H and O–H groups in total. The van der Waals surface area contributed by atoms with Gasteiger partial charge in [0.1, 0.15) is 19.0 Å². The topological polar surface area (TPSA) is 51.6 Å². The summed E-state index contributed by atoms with van der Waals surface area (Å²) in [6, 6.07) is 4.49. The number of fused-ring (bicyclic) bond motifs is 1. The highest BCUT2D eigenvalue weighted by Gasteiger charge is 2.27. The van der Waals surface area contributed by atoms with E-state index in [0.717, 1.165) is 48.0 Å². The van der Waals surface area contributed by atoms with Crippen LogP contribution in [0.5, 0.6) is 11.5 Å². The molecular weight excluding hydrogens is 372 g/mol. The number of imidazole rings is 1. The van der Waals surface area contributed by atoms with Gasteiger partial charge in [0.15, 0.2) is 11.5 Å². The number of hydrogen-bond donors (Lipinski definition) is 1. The van der Waals surface area contributed by atoms with E-state index in [2.05, 4.69) is 54.9 Å². The number of nitrogens with zero attached hydrogens (tertiary/aromatic N) is 3. The molecule has 128 valence electrons. The minimum Gasteiger partial charge on any atom is -0.486 e. The van der Waals surface area contributed by atoms with E-state index in [1.165, 1.54) is 5.56 Å². The first-order valence-electron chi connectivity index (χ1n) is 8.22. The van der Waals surface area contributed by atoms with E-state index in [-0.39, 0.29) is 6.04 Å². The van der Waals surface area contributed by atoms with Gasteiger partial charge in [0.25, 0.3) is 0 Å². The van der Waals surface area contributed by atoms with E-state index in [9.17, 15) is 0 Å². The predicted octanol–water partition coefficient (Wildman–Crippen LogP) is 2.10. The Hall–Kier alpha value is -1.57. The third-order valence-electron chi connectivity index (χ3n) is 4.55. The van der Waals surface area contributed by atoms with E-state index in [4.69, 9.17) is 9.47 Å². The zero-order valence-corrected chi connectivity index (χ0v) is 15.3. The molecule has 3 heterocycles. The first kappa shape index (κ1) is 15.9. The summed E-state index contributed by atoms with van der Waals surface area (Å²) in [4.78, 5) is 7.02. The summed E-state index contributed by atoms with van der Waals surface area (Å²) in [6.45, 7) is 4.96. The summed E-state index contributed by atoms with van der Waals surface area (Å²) in [5.41, 5.74) is 1.22. The van der Waals surface area contributed by atoms with Gasteiger partial charge in [-0.1, -0.05) is 0 Å². The van der Waals surface area contributed by atoms with Gasteiger partial charge in [-0.05, 0) is 33.6 Å². The summed E-state index contributed by atoms with van der Waals surface area (Å²) >= 11 is 3.61. The van der Waals surface area contributed by atoms with Gasteiger partial charge in [-0.15, -0.1) is 0 Å². The van der Waals surface area contributed by atoms with Crippen LogP contribution in [0.2, 0.25) is 0 Å². The van der Waals surface area contributed by atoms with Crippen molar-refractivity contribution in [3.8, 4) is 11.5 Å². The quantitative estimate of drug-likeness (QED) is 0.866. The number of piperazine rings is 1.